The van der Waals surface area contributed by atoms with Gasteiger partial charge in [0.15, 0.2) is 0 Å². The number of piperidine rings is 2. The number of alkyl halides is 2. The third-order valence-electron chi connectivity index (χ3n) is 10.6. The molecule has 3 aromatic heterocycles. The third-order valence-corrected chi connectivity index (χ3v) is 12.0. The molecule has 2 atom stereocenters. The van der Waals surface area contributed by atoms with Gasteiger partial charge in [-0.2, -0.15) is 5.10 Å². The molecule has 5 aliphatic rings. The van der Waals surface area contributed by atoms with E-state index in [-0.39, 0.29) is 24.7 Å². The van der Waals surface area contributed by atoms with E-state index in [1.54, 1.807) is 22.8 Å². The zero-order chi connectivity index (χ0) is 30.8. The highest BCUT2D eigenvalue weighted by Gasteiger charge is 2.71. The lowest BCUT2D eigenvalue weighted by Crippen LogP contribution is -2.34. The summed E-state index contributed by atoms with van der Waals surface area (Å²) in [6.07, 6.45) is 7.30. The van der Waals surface area contributed by atoms with Crippen LogP contribution in [-0.2, 0) is 10.0 Å². The zero-order valence-electron chi connectivity index (χ0n) is 24.5. The summed E-state index contributed by atoms with van der Waals surface area (Å²) >= 11 is 0. The van der Waals surface area contributed by atoms with Crippen molar-refractivity contribution in [2.75, 3.05) is 46.5 Å². The number of benzene rings is 1. The second kappa shape index (κ2) is 9.15. The van der Waals surface area contributed by atoms with E-state index in [9.17, 15) is 22.3 Å². The zero-order valence-corrected chi connectivity index (χ0v) is 25.3. The SMILES string of the molecule is O=S(=O)(CC1(O)CC1)Nc1ccc(-c2nnc(-c3cc(N4CC5C(C4)C5(F)F)n4nccc4c3)o2)c(N2CCC3(CC2)CC3)c1. The second-order valence-electron chi connectivity index (χ2n) is 13.8. The lowest BCUT2D eigenvalue weighted by atomic mass is 9.93. The highest BCUT2D eigenvalue weighted by molar-refractivity contribution is 7.92. The molecule has 0 amide bonds. The van der Waals surface area contributed by atoms with Crippen molar-refractivity contribution in [1.82, 2.24) is 19.8 Å². The molecule has 2 unspecified atom stereocenters. The topological polar surface area (TPSA) is 129 Å². The Balaban J connectivity index is 1.04. The molecule has 1 aromatic carbocycles. The van der Waals surface area contributed by atoms with E-state index >= 15 is 0 Å². The summed E-state index contributed by atoms with van der Waals surface area (Å²) in [5, 5.41) is 23.4. The minimum atomic E-state index is -3.75. The van der Waals surface area contributed by atoms with Crippen LogP contribution in [0.25, 0.3) is 28.4 Å². The van der Waals surface area contributed by atoms with E-state index in [1.807, 2.05) is 29.2 Å². The second-order valence-corrected chi connectivity index (χ2v) is 15.5. The van der Waals surface area contributed by atoms with Crippen molar-refractivity contribution < 1.29 is 26.7 Å². The van der Waals surface area contributed by atoms with Crippen LogP contribution in [-0.4, -0.2) is 76.8 Å². The maximum atomic E-state index is 13.9. The first-order chi connectivity index (χ1) is 21.5. The molecule has 14 heteroatoms. The van der Waals surface area contributed by atoms with Crippen molar-refractivity contribution in [2.24, 2.45) is 17.3 Å². The van der Waals surface area contributed by atoms with Crippen molar-refractivity contribution in [3.8, 4) is 22.9 Å². The minimum absolute atomic E-state index is 0.265. The smallest absolute Gasteiger partial charge is 0.258 e. The summed E-state index contributed by atoms with van der Waals surface area (Å²) < 4.78 is 64.2. The van der Waals surface area contributed by atoms with Crippen molar-refractivity contribution in [2.45, 2.75) is 50.0 Å². The number of halogens is 2. The fourth-order valence-electron chi connectivity index (χ4n) is 7.30. The van der Waals surface area contributed by atoms with Gasteiger partial charge in [0.2, 0.25) is 21.8 Å². The molecule has 1 spiro atoms. The van der Waals surface area contributed by atoms with E-state index in [0.29, 0.717) is 46.8 Å². The Labute approximate surface area is 258 Å². The van der Waals surface area contributed by atoms with Crippen molar-refractivity contribution in [3.05, 3.63) is 42.6 Å². The number of hydrogen-bond donors (Lipinski definition) is 2. The summed E-state index contributed by atoms with van der Waals surface area (Å²) in [7, 11) is -3.75. The van der Waals surface area contributed by atoms with Gasteiger partial charge in [-0.3, -0.25) is 4.72 Å². The summed E-state index contributed by atoms with van der Waals surface area (Å²) in [4.78, 5) is 4.19. The number of fused-ring (bicyclic) bond motifs is 2. The van der Waals surface area contributed by atoms with Crippen molar-refractivity contribution in [1.29, 1.82) is 0 Å². The Morgan fingerprint density at radius 2 is 1.67 bits per heavy atom. The average molecular weight is 638 g/mol. The number of sulfonamides is 1. The van der Waals surface area contributed by atoms with Gasteiger partial charge in [0.1, 0.15) is 5.82 Å². The van der Waals surface area contributed by atoms with Gasteiger partial charge in [0, 0.05) is 31.7 Å². The fourth-order valence-corrected chi connectivity index (χ4v) is 8.86. The maximum absolute atomic E-state index is 13.9. The largest absolute Gasteiger partial charge is 0.416 e. The molecule has 45 heavy (non-hydrogen) atoms. The third kappa shape index (κ3) is 4.75. The van der Waals surface area contributed by atoms with Gasteiger partial charge < -0.3 is 19.3 Å². The highest BCUT2D eigenvalue weighted by Crippen LogP contribution is 2.60. The van der Waals surface area contributed by atoms with Gasteiger partial charge in [-0.1, -0.05) is 0 Å². The molecular formula is C31H33F2N7O4S. The summed E-state index contributed by atoms with van der Waals surface area (Å²) in [5.74, 6) is -2.89. The van der Waals surface area contributed by atoms with Gasteiger partial charge in [-0.05, 0) is 80.3 Å². The predicted octanol–water partition coefficient (Wildman–Crippen LogP) is 4.40. The number of aromatic nitrogens is 4. The van der Waals surface area contributed by atoms with Gasteiger partial charge in [0.25, 0.3) is 5.92 Å². The predicted molar refractivity (Wildman–Crippen MR) is 163 cm³/mol. The first-order valence-corrected chi connectivity index (χ1v) is 17.2. The molecule has 0 bridgehead atoms. The Kier molecular flexibility index (Phi) is 5.60. The van der Waals surface area contributed by atoms with Crippen molar-refractivity contribution in [3.63, 3.8) is 0 Å². The van der Waals surface area contributed by atoms with Crippen LogP contribution in [0.4, 0.5) is 26.0 Å². The van der Waals surface area contributed by atoms with Gasteiger partial charge in [-0.15, -0.1) is 10.2 Å². The molecule has 5 heterocycles. The molecule has 236 valence electrons. The van der Waals surface area contributed by atoms with E-state index in [2.05, 4.69) is 24.9 Å². The molecule has 2 saturated heterocycles. The number of aliphatic hydroxyl groups is 1. The first-order valence-electron chi connectivity index (χ1n) is 15.6. The molecule has 0 radical (unpaired) electrons. The minimum Gasteiger partial charge on any atom is -0.416 e. The van der Waals surface area contributed by atoms with Crippen LogP contribution < -0.4 is 14.5 Å². The monoisotopic (exact) mass is 637 g/mol. The Hall–Kier alpha value is -3.78. The van der Waals surface area contributed by atoms with Crippen LogP contribution in [0, 0.1) is 17.3 Å². The standard InChI is InChI=1S/C31H33F2N7O4S/c32-31(33)23-16-39(17-24(23)31)26-14-19(13-21-3-10-34-40(21)26)27-35-36-28(44-27)22-2-1-20(37-45(42,43)18-30(41)6-7-30)15-25(22)38-11-8-29(4-5-29)9-12-38/h1-3,10,13-15,23-24,37,41H,4-9,11-12,16-18H2. The lowest BCUT2D eigenvalue weighted by molar-refractivity contribution is 0.0796. The Bertz CT molecular complexity index is 1930. The number of nitrogens with zero attached hydrogens (tertiary/aromatic N) is 6. The van der Waals surface area contributed by atoms with Crippen LogP contribution >= 0.6 is 0 Å². The number of pyridine rings is 1. The normalized spacial score (nSPS) is 25.5. The van der Waals surface area contributed by atoms with E-state index in [0.717, 1.165) is 37.1 Å². The Morgan fingerprint density at radius 3 is 2.38 bits per heavy atom. The molecule has 4 aromatic rings. The summed E-state index contributed by atoms with van der Waals surface area (Å²) in [5.41, 5.74) is 2.65. The van der Waals surface area contributed by atoms with Crippen LogP contribution in [0.5, 0.6) is 0 Å². The highest BCUT2D eigenvalue weighted by atomic mass is 32.2. The number of nitrogens with one attached hydrogen (secondary N) is 1. The quantitative estimate of drug-likeness (QED) is 0.289. The Morgan fingerprint density at radius 1 is 0.933 bits per heavy atom. The number of hydrogen-bond acceptors (Lipinski definition) is 9. The molecule has 3 aliphatic carbocycles. The maximum Gasteiger partial charge on any atom is 0.258 e. The summed E-state index contributed by atoms with van der Waals surface area (Å²) in [6.45, 7) is 2.20. The van der Waals surface area contributed by atoms with E-state index in [4.69, 9.17) is 4.42 Å². The number of anilines is 3. The van der Waals surface area contributed by atoms with Crippen LogP contribution in [0.2, 0.25) is 0 Å². The molecule has 5 fully saturated rings. The molecule has 2 aliphatic heterocycles. The van der Waals surface area contributed by atoms with Gasteiger partial charge in [0.05, 0.1) is 51.8 Å². The fraction of sp³-hybridized carbons (Fsp3) is 0.516. The van der Waals surface area contributed by atoms with Gasteiger partial charge >= 0.3 is 0 Å². The van der Waals surface area contributed by atoms with Gasteiger partial charge in [-0.25, -0.2) is 21.7 Å². The van der Waals surface area contributed by atoms with Crippen LogP contribution in [0.3, 0.4) is 0 Å². The molecular weight excluding hydrogens is 604 g/mol. The number of rotatable bonds is 8. The lowest BCUT2D eigenvalue weighted by Gasteiger charge is -2.35. The average Bonchev–Trinajstić information content (AvgIpc) is 3.78. The molecule has 3 saturated carbocycles. The van der Waals surface area contributed by atoms with Crippen molar-refractivity contribution >= 4 is 32.7 Å². The van der Waals surface area contributed by atoms with Crippen LogP contribution in [0.1, 0.15) is 38.5 Å². The molecule has 2 N–H and O–H groups in total. The summed E-state index contributed by atoms with van der Waals surface area (Å²) in [6, 6.07) is 10.9. The van der Waals surface area contributed by atoms with E-state index < -0.39 is 33.4 Å². The van der Waals surface area contributed by atoms with E-state index in [1.165, 1.54) is 12.8 Å². The molecule has 9 rings (SSSR count). The molecule has 11 nitrogen and oxygen atoms in total. The van der Waals surface area contributed by atoms with Crippen LogP contribution in [0.15, 0.2) is 47.0 Å². The first kappa shape index (κ1) is 27.5.